The van der Waals surface area contributed by atoms with Gasteiger partial charge in [0.1, 0.15) is 12.4 Å². The number of esters is 1. The number of hydrogen-bond acceptors (Lipinski definition) is 6. The molecule has 1 heterocycles. The molecule has 0 unspecified atom stereocenters. The molecule has 7 heteroatoms. The Bertz CT molecular complexity index is 1210. The van der Waals surface area contributed by atoms with Gasteiger partial charge in [0, 0.05) is 13.0 Å². The molecule has 37 heavy (non-hydrogen) atoms. The highest BCUT2D eigenvalue weighted by molar-refractivity contribution is 5.89. The molecule has 7 nitrogen and oxygen atoms in total. The first-order valence-electron chi connectivity index (χ1n) is 12.5. The standard InChI is InChI=1S/C30H33NO6/c1-4-36-30(33)22-11-13-24(14-12-22)37-20-26-25-19-28(35-3)27(34-2)18-23(25)16-17-31(26)29(32)15-10-21-8-6-5-7-9-21/h5-9,11-14,18-19,26H,4,10,15-17,20H2,1-3H3/t26-/m0/s1. The molecule has 3 aromatic rings. The molecule has 4 rings (SSSR count). The molecule has 1 aliphatic heterocycles. The van der Waals surface area contributed by atoms with Crippen molar-refractivity contribution in [2.45, 2.75) is 32.2 Å². The van der Waals surface area contributed by atoms with E-state index in [-0.39, 0.29) is 24.5 Å². The van der Waals surface area contributed by atoms with Crippen molar-refractivity contribution in [3.63, 3.8) is 0 Å². The summed E-state index contributed by atoms with van der Waals surface area (Å²) in [7, 11) is 3.22. The van der Waals surface area contributed by atoms with E-state index < -0.39 is 0 Å². The van der Waals surface area contributed by atoms with Crippen molar-refractivity contribution in [3.05, 3.63) is 89.0 Å². The zero-order valence-electron chi connectivity index (χ0n) is 21.6. The zero-order chi connectivity index (χ0) is 26.2. The number of amides is 1. The Kier molecular flexibility index (Phi) is 8.67. The van der Waals surface area contributed by atoms with Gasteiger partial charge < -0.3 is 23.8 Å². The summed E-state index contributed by atoms with van der Waals surface area (Å²) in [5, 5.41) is 0. The molecule has 0 aromatic heterocycles. The van der Waals surface area contributed by atoms with Crippen LogP contribution in [0.25, 0.3) is 0 Å². The van der Waals surface area contributed by atoms with E-state index in [1.54, 1.807) is 45.4 Å². The second-order valence-corrected chi connectivity index (χ2v) is 8.80. The molecule has 1 atom stereocenters. The molecule has 0 saturated carbocycles. The van der Waals surface area contributed by atoms with Gasteiger partial charge in [0.05, 0.1) is 32.4 Å². The maximum absolute atomic E-state index is 13.4. The summed E-state index contributed by atoms with van der Waals surface area (Å²) in [5.74, 6) is 1.60. The van der Waals surface area contributed by atoms with Crippen LogP contribution >= 0.6 is 0 Å². The third-order valence-corrected chi connectivity index (χ3v) is 6.57. The van der Waals surface area contributed by atoms with Gasteiger partial charge in [-0.2, -0.15) is 0 Å². The molecular weight excluding hydrogens is 470 g/mol. The third-order valence-electron chi connectivity index (χ3n) is 6.57. The lowest BCUT2D eigenvalue weighted by atomic mass is 9.91. The molecule has 3 aromatic carbocycles. The van der Waals surface area contributed by atoms with Gasteiger partial charge in [-0.1, -0.05) is 30.3 Å². The van der Waals surface area contributed by atoms with Gasteiger partial charge in [-0.05, 0) is 72.9 Å². The number of carbonyl (C=O) groups is 2. The summed E-state index contributed by atoms with van der Waals surface area (Å²) >= 11 is 0. The van der Waals surface area contributed by atoms with E-state index in [4.69, 9.17) is 18.9 Å². The number of ether oxygens (including phenoxy) is 4. The van der Waals surface area contributed by atoms with Gasteiger partial charge in [-0.15, -0.1) is 0 Å². The molecule has 0 radical (unpaired) electrons. The number of fused-ring (bicyclic) bond motifs is 1. The molecule has 1 aliphatic rings. The Balaban J connectivity index is 1.56. The SMILES string of the molecule is CCOC(=O)c1ccc(OC[C@H]2c3cc(OC)c(OC)cc3CCN2C(=O)CCc2ccccc2)cc1. The van der Waals surface area contributed by atoms with Crippen LogP contribution in [0.15, 0.2) is 66.7 Å². The van der Waals surface area contributed by atoms with E-state index in [2.05, 4.69) is 0 Å². The van der Waals surface area contributed by atoms with Crippen molar-refractivity contribution in [1.82, 2.24) is 4.90 Å². The smallest absolute Gasteiger partial charge is 0.338 e. The van der Waals surface area contributed by atoms with Gasteiger partial charge >= 0.3 is 5.97 Å². The van der Waals surface area contributed by atoms with Crippen molar-refractivity contribution in [1.29, 1.82) is 0 Å². The Morgan fingerprint density at radius 1 is 0.946 bits per heavy atom. The second kappa shape index (κ2) is 12.3. The largest absolute Gasteiger partial charge is 0.493 e. The van der Waals surface area contributed by atoms with Crippen LogP contribution in [0, 0.1) is 0 Å². The summed E-state index contributed by atoms with van der Waals surface area (Å²) in [6, 6.07) is 20.5. The fourth-order valence-electron chi connectivity index (χ4n) is 4.62. The first-order valence-corrected chi connectivity index (χ1v) is 12.5. The topological polar surface area (TPSA) is 74.3 Å². The van der Waals surface area contributed by atoms with Crippen molar-refractivity contribution in [3.8, 4) is 17.2 Å². The molecule has 0 N–H and O–H groups in total. The van der Waals surface area contributed by atoms with Crippen LogP contribution in [0.3, 0.4) is 0 Å². The van der Waals surface area contributed by atoms with Gasteiger partial charge in [-0.3, -0.25) is 4.79 Å². The predicted octanol–water partition coefficient (Wildman–Crippen LogP) is 5.02. The zero-order valence-corrected chi connectivity index (χ0v) is 21.6. The number of benzene rings is 3. The number of nitrogens with zero attached hydrogens (tertiary/aromatic N) is 1. The highest BCUT2D eigenvalue weighted by atomic mass is 16.5. The Labute approximate surface area is 217 Å². The van der Waals surface area contributed by atoms with Crippen LogP contribution in [0.4, 0.5) is 0 Å². The van der Waals surface area contributed by atoms with Crippen molar-refractivity contribution >= 4 is 11.9 Å². The van der Waals surface area contributed by atoms with Crippen LogP contribution in [0.5, 0.6) is 17.2 Å². The first kappa shape index (κ1) is 26.1. The summed E-state index contributed by atoms with van der Waals surface area (Å²) in [6.45, 7) is 2.94. The number of hydrogen-bond donors (Lipinski definition) is 0. The Morgan fingerprint density at radius 3 is 2.32 bits per heavy atom. The van der Waals surface area contributed by atoms with E-state index >= 15 is 0 Å². The highest BCUT2D eigenvalue weighted by Crippen LogP contribution is 2.38. The van der Waals surface area contributed by atoms with E-state index in [0.717, 1.165) is 23.1 Å². The average molecular weight is 504 g/mol. The molecule has 0 bridgehead atoms. The first-order chi connectivity index (χ1) is 18.0. The minimum Gasteiger partial charge on any atom is -0.493 e. The molecular formula is C30H33NO6. The molecule has 0 fully saturated rings. The molecule has 1 amide bonds. The fourth-order valence-corrected chi connectivity index (χ4v) is 4.62. The van der Waals surface area contributed by atoms with Crippen LogP contribution in [0.1, 0.15) is 46.4 Å². The van der Waals surface area contributed by atoms with Crippen LogP contribution < -0.4 is 14.2 Å². The summed E-state index contributed by atoms with van der Waals surface area (Å²) in [5.41, 5.74) is 3.69. The minimum atomic E-state index is -0.369. The van der Waals surface area contributed by atoms with Gasteiger partial charge in [0.15, 0.2) is 11.5 Å². The van der Waals surface area contributed by atoms with Crippen LogP contribution in [-0.4, -0.2) is 50.8 Å². The maximum Gasteiger partial charge on any atom is 0.338 e. The Morgan fingerprint density at radius 2 is 1.65 bits per heavy atom. The minimum absolute atomic E-state index is 0.0792. The number of carbonyl (C=O) groups excluding carboxylic acids is 2. The van der Waals surface area contributed by atoms with E-state index in [1.807, 2.05) is 47.4 Å². The van der Waals surface area contributed by atoms with E-state index in [0.29, 0.717) is 48.8 Å². The number of rotatable bonds is 10. The Hall–Kier alpha value is -4.00. The highest BCUT2D eigenvalue weighted by Gasteiger charge is 2.32. The molecule has 0 aliphatic carbocycles. The van der Waals surface area contributed by atoms with Gasteiger partial charge in [-0.25, -0.2) is 4.79 Å². The fraction of sp³-hybridized carbons (Fsp3) is 0.333. The quantitative estimate of drug-likeness (QED) is 0.362. The summed E-state index contributed by atoms with van der Waals surface area (Å²) < 4.78 is 22.3. The normalized spacial score (nSPS) is 14.5. The lowest BCUT2D eigenvalue weighted by molar-refractivity contribution is -0.134. The van der Waals surface area contributed by atoms with E-state index in [9.17, 15) is 9.59 Å². The van der Waals surface area contributed by atoms with Crippen molar-refractivity contribution < 1.29 is 28.5 Å². The van der Waals surface area contributed by atoms with Crippen LogP contribution in [-0.2, 0) is 22.4 Å². The molecule has 0 spiro atoms. The van der Waals surface area contributed by atoms with Gasteiger partial charge in [0.2, 0.25) is 5.91 Å². The number of aryl methyl sites for hydroxylation is 1. The lowest BCUT2D eigenvalue weighted by Gasteiger charge is -2.37. The summed E-state index contributed by atoms with van der Waals surface area (Å²) in [4.78, 5) is 27.3. The predicted molar refractivity (Wildman–Crippen MR) is 140 cm³/mol. The van der Waals surface area contributed by atoms with Crippen LogP contribution in [0.2, 0.25) is 0 Å². The van der Waals surface area contributed by atoms with E-state index in [1.165, 1.54) is 0 Å². The monoisotopic (exact) mass is 503 g/mol. The van der Waals surface area contributed by atoms with Crippen molar-refractivity contribution in [2.24, 2.45) is 0 Å². The second-order valence-electron chi connectivity index (χ2n) is 8.80. The molecule has 194 valence electrons. The summed E-state index contributed by atoms with van der Waals surface area (Å²) in [6.07, 6.45) is 1.81. The molecule has 0 saturated heterocycles. The lowest BCUT2D eigenvalue weighted by Crippen LogP contribution is -2.42. The maximum atomic E-state index is 13.4. The van der Waals surface area contributed by atoms with Gasteiger partial charge in [0.25, 0.3) is 0 Å². The third kappa shape index (κ3) is 6.23. The number of methoxy groups -OCH3 is 2. The average Bonchev–Trinajstić information content (AvgIpc) is 2.94. The van der Waals surface area contributed by atoms with Crippen molar-refractivity contribution in [2.75, 3.05) is 34.0 Å².